The number of ether oxygens (including phenoxy) is 1. The molecule has 0 aliphatic carbocycles. The van der Waals surface area contributed by atoms with Gasteiger partial charge in [0, 0.05) is 17.1 Å². The highest BCUT2D eigenvalue weighted by atomic mass is 32.2. The summed E-state index contributed by atoms with van der Waals surface area (Å²) in [6.07, 6.45) is 0. The topological polar surface area (TPSA) is 58.6 Å². The number of carbonyl (C=O) groups excluding carboxylic acids is 1. The van der Waals surface area contributed by atoms with Gasteiger partial charge in [-0.1, -0.05) is 30.3 Å². The van der Waals surface area contributed by atoms with Gasteiger partial charge in [-0.15, -0.1) is 23.5 Å². The van der Waals surface area contributed by atoms with Crippen molar-refractivity contribution in [1.82, 2.24) is 0 Å². The number of carbonyl (C=O) groups is 1. The molecule has 0 atom stereocenters. The standard InChI is InChI=1S/C17H17NO3S2/c19-14-7-3-2-6-13(14)18-16(20)11-21-15-8-4-1-5-12(15)17-22-9-10-23-17/h1-8,17,19H,9-11H2,(H,18,20). The van der Waals surface area contributed by atoms with Gasteiger partial charge >= 0.3 is 0 Å². The van der Waals surface area contributed by atoms with E-state index in [9.17, 15) is 9.90 Å². The molecular weight excluding hydrogens is 330 g/mol. The van der Waals surface area contributed by atoms with E-state index < -0.39 is 0 Å². The first kappa shape index (κ1) is 16.1. The zero-order valence-electron chi connectivity index (χ0n) is 12.4. The van der Waals surface area contributed by atoms with Crippen LogP contribution < -0.4 is 10.1 Å². The Hall–Kier alpha value is -1.79. The molecule has 3 rings (SSSR count). The number of benzene rings is 2. The second kappa shape index (κ2) is 7.66. The summed E-state index contributed by atoms with van der Waals surface area (Å²) in [4.78, 5) is 12.0. The van der Waals surface area contributed by atoms with Gasteiger partial charge in [0.15, 0.2) is 6.61 Å². The normalized spacial score (nSPS) is 14.6. The molecule has 2 aromatic rings. The molecule has 0 radical (unpaired) electrons. The maximum Gasteiger partial charge on any atom is 0.262 e. The fourth-order valence-corrected chi connectivity index (χ4v) is 5.16. The van der Waals surface area contributed by atoms with Crippen LogP contribution in [0.1, 0.15) is 10.1 Å². The van der Waals surface area contributed by atoms with Gasteiger partial charge in [-0.2, -0.15) is 0 Å². The van der Waals surface area contributed by atoms with Crippen LogP contribution in [0.25, 0.3) is 0 Å². The molecule has 120 valence electrons. The lowest BCUT2D eigenvalue weighted by atomic mass is 10.2. The Balaban J connectivity index is 1.62. The smallest absolute Gasteiger partial charge is 0.262 e. The van der Waals surface area contributed by atoms with Crippen LogP contribution in [0.3, 0.4) is 0 Å². The van der Waals surface area contributed by atoms with Gasteiger partial charge in [-0.25, -0.2) is 0 Å². The van der Waals surface area contributed by atoms with Crippen LogP contribution in [0.5, 0.6) is 11.5 Å². The molecule has 23 heavy (non-hydrogen) atoms. The summed E-state index contributed by atoms with van der Waals surface area (Å²) in [5.41, 5.74) is 1.51. The summed E-state index contributed by atoms with van der Waals surface area (Å²) >= 11 is 3.80. The number of hydrogen-bond acceptors (Lipinski definition) is 5. The second-order valence-corrected chi connectivity index (χ2v) is 7.69. The summed E-state index contributed by atoms with van der Waals surface area (Å²) < 4.78 is 6.07. The molecule has 1 fully saturated rings. The molecule has 1 saturated heterocycles. The van der Waals surface area contributed by atoms with Gasteiger partial charge in [0.05, 0.1) is 10.3 Å². The first-order valence-electron chi connectivity index (χ1n) is 7.27. The van der Waals surface area contributed by atoms with Gasteiger partial charge in [0.25, 0.3) is 5.91 Å². The molecule has 0 aromatic heterocycles. The van der Waals surface area contributed by atoms with Crippen molar-refractivity contribution in [3.05, 3.63) is 54.1 Å². The van der Waals surface area contributed by atoms with E-state index in [1.807, 2.05) is 47.8 Å². The van der Waals surface area contributed by atoms with E-state index >= 15 is 0 Å². The van der Waals surface area contributed by atoms with Crippen LogP contribution in [0, 0.1) is 0 Å². The summed E-state index contributed by atoms with van der Waals surface area (Å²) in [5.74, 6) is 2.76. The van der Waals surface area contributed by atoms with Crippen LogP contribution in [0.4, 0.5) is 5.69 Å². The summed E-state index contributed by atoms with van der Waals surface area (Å²) in [6.45, 7) is -0.0899. The average molecular weight is 347 g/mol. The molecule has 1 heterocycles. The van der Waals surface area contributed by atoms with Crippen LogP contribution >= 0.6 is 23.5 Å². The van der Waals surface area contributed by atoms with Crippen molar-refractivity contribution >= 4 is 35.1 Å². The fourth-order valence-electron chi connectivity index (χ4n) is 2.25. The zero-order chi connectivity index (χ0) is 16.1. The predicted molar refractivity (Wildman–Crippen MR) is 96.3 cm³/mol. The maximum absolute atomic E-state index is 12.0. The monoisotopic (exact) mass is 347 g/mol. The lowest BCUT2D eigenvalue weighted by Gasteiger charge is -2.15. The van der Waals surface area contributed by atoms with Gasteiger partial charge in [-0.05, 0) is 18.2 Å². The second-order valence-electron chi connectivity index (χ2n) is 4.97. The molecule has 1 amide bonds. The quantitative estimate of drug-likeness (QED) is 0.804. The van der Waals surface area contributed by atoms with E-state index in [1.165, 1.54) is 6.07 Å². The van der Waals surface area contributed by atoms with Crippen LogP contribution in [-0.4, -0.2) is 29.1 Å². The molecule has 2 aromatic carbocycles. The third-order valence-electron chi connectivity index (χ3n) is 3.33. The number of rotatable bonds is 5. The van der Waals surface area contributed by atoms with Crippen molar-refractivity contribution in [1.29, 1.82) is 0 Å². The van der Waals surface area contributed by atoms with Gasteiger partial charge in [0.1, 0.15) is 11.5 Å². The zero-order valence-corrected chi connectivity index (χ0v) is 14.0. The Kier molecular flexibility index (Phi) is 5.35. The first-order valence-corrected chi connectivity index (χ1v) is 9.36. The van der Waals surface area contributed by atoms with Gasteiger partial charge in [-0.3, -0.25) is 4.79 Å². The van der Waals surface area contributed by atoms with Crippen LogP contribution in [-0.2, 0) is 4.79 Å². The van der Waals surface area contributed by atoms with Crippen molar-refractivity contribution in [2.45, 2.75) is 4.58 Å². The largest absolute Gasteiger partial charge is 0.506 e. The predicted octanol–water partition coefficient (Wildman–Crippen LogP) is 3.89. The maximum atomic E-state index is 12.0. The lowest BCUT2D eigenvalue weighted by molar-refractivity contribution is -0.118. The Morgan fingerprint density at radius 3 is 2.61 bits per heavy atom. The van der Waals surface area contributed by atoms with Crippen LogP contribution in [0.15, 0.2) is 48.5 Å². The molecule has 0 bridgehead atoms. The highest BCUT2D eigenvalue weighted by Crippen LogP contribution is 2.48. The Bertz CT molecular complexity index is 687. The number of amides is 1. The number of phenolic OH excluding ortho intramolecular Hbond substituents is 1. The van der Waals surface area contributed by atoms with Crippen molar-refractivity contribution in [2.24, 2.45) is 0 Å². The number of phenols is 1. The van der Waals surface area contributed by atoms with E-state index in [2.05, 4.69) is 5.32 Å². The summed E-state index contributed by atoms with van der Waals surface area (Å²) in [6, 6.07) is 14.5. The van der Waals surface area contributed by atoms with Crippen LogP contribution in [0.2, 0.25) is 0 Å². The molecule has 6 heteroatoms. The minimum Gasteiger partial charge on any atom is -0.506 e. The van der Waals surface area contributed by atoms with Gasteiger partial charge in [0.2, 0.25) is 0 Å². The summed E-state index contributed by atoms with van der Waals surface area (Å²) in [5, 5.41) is 12.3. The fraction of sp³-hybridized carbons (Fsp3) is 0.235. The lowest BCUT2D eigenvalue weighted by Crippen LogP contribution is -2.20. The number of thioether (sulfide) groups is 2. The average Bonchev–Trinajstić information content (AvgIpc) is 3.10. The highest BCUT2D eigenvalue weighted by molar-refractivity contribution is 8.19. The third-order valence-corrected chi connectivity index (χ3v) is 6.40. The number of nitrogens with one attached hydrogen (secondary N) is 1. The van der Waals surface area contributed by atoms with Crippen molar-refractivity contribution < 1.29 is 14.6 Å². The van der Waals surface area contributed by atoms with E-state index in [4.69, 9.17) is 4.74 Å². The molecule has 2 N–H and O–H groups in total. The number of hydrogen-bond donors (Lipinski definition) is 2. The van der Waals surface area contributed by atoms with Gasteiger partial charge < -0.3 is 15.2 Å². The first-order chi connectivity index (χ1) is 11.2. The number of para-hydroxylation sites is 3. The Morgan fingerprint density at radius 2 is 1.83 bits per heavy atom. The van der Waals surface area contributed by atoms with E-state index in [0.717, 1.165) is 22.8 Å². The number of anilines is 1. The third kappa shape index (κ3) is 4.14. The SMILES string of the molecule is O=C(COc1ccccc1C1SCCS1)Nc1ccccc1O. The molecule has 0 saturated carbocycles. The molecule has 0 unspecified atom stereocenters. The Morgan fingerprint density at radius 1 is 1.13 bits per heavy atom. The highest BCUT2D eigenvalue weighted by Gasteiger charge is 2.21. The van der Waals surface area contributed by atoms with E-state index in [1.54, 1.807) is 18.2 Å². The number of aromatic hydroxyl groups is 1. The van der Waals surface area contributed by atoms with E-state index in [0.29, 0.717) is 10.3 Å². The van der Waals surface area contributed by atoms with Crippen molar-refractivity contribution in [3.63, 3.8) is 0 Å². The molecule has 1 aliphatic rings. The van der Waals surface area contributed by atoms with Crippen molar-refractivity contribution in [3.8, 4) is 11.5 Å². The molecule has 1 aliphatic heterocycles. The van der Waals surface area contributed by atoms with Crippen molar-refractivity contribution in [2.75, 3.05) is 23.4 Å². The minimum atomic E-state index is -0.298. The Labute approximate surface area is 143 Å². The summed E-state index contributed by atoms with van der Waals surface area (Å²) in [7, 11) is 0. The molecule has 0 spiro atoms. The van der Waals surface area contributed by atoms with E-state index in [-0.39, 0.29) is 18.3 Å². The minimum absolute atomic E-state index is 0.0417. The molecular formula is C17H17NO3S2. The molecule has 4 nitrogen and oxygen atoms in total.